The molecule has 3 heteroatoms. The molecule has 1 saturated heterocycles. The van der Waals surface area contributed by atoms with Crippen LogP contribution in [0.5, 0.6) is 0 Å². The van der Waals surface area contributed by atoms with Crippen molar-refractivity contribution < 1.29 is 4.79 Å². The molecule has 2 N–H and O–H groups in total. The molecule has 0 aliphatic carbocycles. The van der Waals surface area contributed by atoms with Crippen LogP contribution in [-0.4, -0.2) is 25.5 Å². The lowest BCUT2D eigenvalue weighted by molar-refractivity contribution is -0.125. The topological polar surface area (TPSA) is 41.1 Å². The van der Waals surface area contributed by atoms with Crippen LogP contribution in [0.15, 0.2) is 12.2 Å². The summed E-state index contributed by atoms with van der Waals surface area (Å²) in [6.07, 6.45) is 0. The first-order valence-corrected chi connectivity index (χ1v) is 4.74. The van der Waals surface area contributed by atoms with Crippen LogP contribution in [-0.2, 0) is 4.79 Å². The van der Waals surface area contributed by atoms with E-state index in [-0.39, 0.29) is 11.8 Å². The van der Waals surface area contributed by atoms with Crippen molar-refractivity contribution in [3.05, 3.63) is 12.2 Å². The fourth-order valence-corrected chi connectivity index (χ4v) is 1.53. The van der Waals surface area contributed by atoms with E-state index in [1.165, 1.54) is 0 Å². The summed E-state index contributed by atoms with van der Waals surface area (Å²) in [4.78, 5) is 11.6. The molecule has 0 bridgehead atoms. The van der Waals surface area contributed by atoms with Crippen LogP contribution in [0.25, 0.3) is 0 Å². The quantitative estimate of drug-likeness (QED) is 0.625. The summed E-state index contributed by atoms with van der Waals surface area (Å²) in [5.41, 5.74) is 0.993. The number of hydrogen-bond acceptors (Lipinski definition) is 2. The Labute approximate surface area is 79.6 Å². The minimum atomic E-state index is 0.138. The second-order valence-corrected chi connectivity index (χ2v) is 3.92. The maximum atomic E-state index is 11.6. The highest BCUT2D eigenvalue weighted by atomic mass is 16.1. The molecule has 0 spiro atoms. The summed E-state index contributed by atoms with van der Waals surface area (Å²) in [5, 5.41) is 6.08. The average Bonchev–Trinajstić information content (AvgIpc) is 2.47. The van der Waals surface area contributed by atoms with E-state index in [4.69, 9.17) is 0 Å². The van der Waals surface area contributed by atoms with E-state index in [1.807, 2.05) is 6.92 Å². The van der Waals surface area contributed by atoms with Gasteiger partial charge in [0, 0.05) is 13.1 Å². The molecule has 0 radical (unpaired) electrons. The number of hydrogen-bond donors (Lipinski definition) is 2. The Morgan fingerprint density at radius 1 is 1.62 bits per heavy atom. The Hall–Kier alpha value is -0.830. The van der Waals surface area contributed by atoms with E-state index in [2.05, 4.69) is 24.1 Å². The third kappa shape index (κ3) is 2.84. The molecule has 0 saturated carbocycles. The standard InChI is InChI=1S/C10H18N2O/c1-7(2)4-12-10(13)9-6-11-5-8(9)3/h8-9,11H,1,4-6H2,2-3H3,(H,12,13)/t8-,9-/m1/s1. The first-order valence-electron chi connectivity index (χ1n) is 4.74. The fourth-order valence-electron chi connectivity index (χ4n) is 1.53. The van der Waals surface area contributed by atoms with Crippen LogP contribution >= 0.6 is 0 Å². The number of amides is 1. The monoisotopic (exact) mass is 182 g/mol. The Morgan fingerprint density at radius 3 is 2.77 bits per heavy atom. The molecule has 0 unspecified atom stereocenters. The molecule has 1 heterocycles. The predicted octanol–water partition coefficient (Wildman–Crippen LogP) is 0.534. The molecule has 74 valence electrons. The van der Waals surface area contributed by atoms with Crippen molar-refractivity contribution in [3.63, 3.8) is 0 Å². The maximum absolute atomic E-state index is 11.6. The fraction of sp³-hybridized carbons (Fsp3) is 0.700. The van der Waals surface area contributed by atoms with E-state index in [1.54, 1.807) is 0 Å². The molecule has 3 nitrogen and oxygen atoms in total. The van der Waals surface area contributed by atoms with Crippen molar-refractivity contribution in [2.45, 2.75) is 13.8 Å². The lowest BCUT2D eigenvalue weighted by Crippen LogP contribution is -2.35. The third-order valence-corrected chi connectivity index (χ3v) is 2.42. The van der Waals surface area contributed by atoms with Gasteiger partial charge in [-0.05, 0) is 19.4 Å². The Kier molecular flexibility index (Phi) is 3.48. The largest absolute Gasteiger partial charge is 0.352 e. The van der Waals surface area contributed by atoms with E-state index in [0.717, 1.165) is 18.7 Å². The molecule has 2 atom stereocenters. The van der Waals surface area contributed by atoms with Gasteiger partial charge in [-0.15, -0.1) is 0 Å². The van der Waals surface area contributed by atoms with Crippen molar-refractivity contribution in [3.8, 4) is 0 Å². The van der Waals surface area contributed by atoms with Crippen molar-refractivity contribution >= 4 is 5.91 Å². The zero-order valence-corrected chi connectivity index (χ0v) is 8.39. The van der Waals surface area contributed by atoms with Gasteiger partial charge in [0.15, 0.2) is 0 Å². The molecular weight excluding hydrogens is 164 g/mol. The summed E-state index contributed by atoms with van der Waals surface area (Å²) in [6, 6.07) is 0. The minimum Gasteiger partial charge on any atom is -0.352 e. The second-order valence-electron chi connectivity index (χ2n) is 3.92. The van der Waals surface area contributed by atoms with Gasteiger partial charge in [0.2, 0.25) is 5.91 Å². The van der Waals surface area contributed by atoms with Crippen LogP contribution < -0.4 is 10.6 Å². The van der Waals surface area contributed by atoms with Gasteiger partial charge in [0.05, 0.1) is 5.92 Å². The lowest BCUT2D eigenvalue weighted by atomic mass is 9.97. The smallest absolute Gasteiger partial charge is 0.224 e. The van der Waals surface area contributed by atoms with E-state index in [9.17, 15) is 4.79 Å². The zero-order valence-electron chi connectivity index (χ0n) is 8.39. The Balaban J connectivity index is 2.34. The number of rotatable bonds is 3. The summed E-state index contributed by atoms with van der Waals surface area (Å²) in [7, 11) is 0. The van der Waals surface area contributed by atoms with Crippen molar-refractivity contribution in [1.82, 2.24) is 10.6 Å². The number of carbonyl (C=O) groups excluding carboxylic acids is 1. The van der Waals surface area contributed by atoms with Crippen molar-refractivity contribution in [2.75, 3.05) is 19.6 Å². The van der Waals surface area contributed by atoms with Gasteiger partial charge >= 0.3 is 0 Å². The number of nitrogens with one attached hydrogen (secondary N) is 2. The SMILES string of the molecule is C=C(C)CNC(=O)[C@@H]1CNC[C@H]1C. The second kappa shape index (κ2) is 4.42. The van der Waals surface area contributed by atoms with Gasteiger partial charge in [-0.25, -0.2) is 0 Å². The van der Waals surface area contributed by atoms with Crippen LogP contribution in [0.3, 0.4) is 0 Å². The van der Waals surface area contributed by atoms with E-state index in [0.29, 0.717) is 12.5 Å². The average molecular weight is 182 g/mol. The van der Waals surface area contributed by atoms with Gasteiger partial charge in [-0.3, -0.25) is 4.79 Å². The first-order chi connectivity index (χ1) is 6.11. The molecule has 1 aliphatic rings. The first kappa shape index (κ1) is 10.3. The summed E-state index contributed by atoms with van der Waals surface area (Å²) < 4.78 is 0. The third-order valence-electron chi connectivity index (χ3n) is 2.42. The molecule has 13 heavy (non-hydrogen) atoms. The minimum absolute atomic E-state index is 0.138. The molecule has 1 fully saturated rings. The normalized spacial score (nSPS) is 27.2. The van der Waals surface area contributed by atoms with Crippen LogP contribution in [0.1, 0.15) is 13.8 Å². The van der Waals surface area contributed by atoms with Crippen LogP contribution in [0, 0.1) is 11.8 Å². The van der Waals surface area contributed by atoms with E-state index < -0.39 is 0 Å². The summed E-state index contributed by atoms with van der Waals surface area (Å²) in [6.45, 7) is 10.1. The van der Waals surface area contributed by atoms with Gasteiger partial charge in [-0.1, -0.05) is 19.1 Å². The maximum Gasteiger partial charge on any atom is 0.224 e. The Bertz CT molecular complexity index is 213. The van der Waals surface area contributed by atoms with Gasteiger partial charge < -0.3 is 10.6 Å². The number of carbonyl (C=O) groups is 1. The van der Waals surface area contributed by atoms with Crippen molar-refractivity contribution in [2.24, 2.45) is 11.8 Å². The van der Waals surface area contributed by atoms with Gasteiger partial charge in [0.25, 0.3) is 0 Å². The molecule has 0 aromatic rings. The molecule has 1 aliphatic heterocycles. The predicted molar refractivity (Wildman–Crippen MR) is 53.3 cm³/mol. The molecule has 1 rings (SSSR count). The zero-order chi connectivity index (χ0) is 9.84. The highest BCUT2D eigenvalue weighted by molar-refractivity contribution is 5.79. The van der Waals surface area contributed by atoms with E-state index >= 15 is 0 Å². The molecule has 1 amide bonds. The summed E-state index contributed by atoms with van der Waals surface area (Å²) in [5.74, 6) is 0.741. The molecule has 0 aromatic carbocycles. The summed E-state index contributed by atoms with van der Waals surface area (Å²) >= 11 is 0. The van der Waals surface area contributed by atoms with Gasteiger partial charge in [-0.2, -0.15) is 0 Å². The molecule has 0 aromatic heterocycles. The van der Waals surface area contributed by atoms with Gasteiger partial charge in [0.1, 0.15) is 0 Å². The van der Waals surface area contributed by atoms with Crippen molar-refractivity contribution in [1.29, 1.82) is 0 Å². The Morgan fingerprint density at radius 2 is 2.31 bits per heavy atom. The molecular formula is C10H18N2O. The van der Waals surface area contributed by atoms with Crippen LogP contribution in [0.4, 0.5) is 0 Å². The lowest BCUT2D eigenvalue weighted by Gasteiger charge is -2.13. The highest BCUT2D eigenvalue weighted by Gasteiger charge is 2.28. The highest BCUT2D eigenvalue weighted by Crippen LogP contribution is 2.15. The van der Waals surface area contributed by atoms with Crippen LogP contribution in [0.2, 0.25) is 0 Å².